The molecule has 0 radical (unpaired) electrons. The van der Waals surface area contributed by atoms with Gasteiger partial charge in [-0.05, 0) is 56.9 Å². The van der Waals surface area contributed by atoms with Crippen molar-refractivity contribution in [3.63, 3.8) is 0 Å². The summed E-state index contributed by atoms with van der Waals surface area (Å²) in [4.78, 5) is 16.0. The molecule has 2 aromatic heterocycles. The van der Waals surface area contributed by atoms with Gasteiger partial charge < -0.3 is 15.2 Å². The van der Waals surface area contributed by atoms with Gasteiger partial charge in [0.2, 0.25) is 5.91 Å². The Bertz CT molecular complexity index is 1120. The van der Waals surface area contributed by atoms with E-state index in [9.17, 15) is 18.0 Å². The predicted molar refractivity (Wildman–Crippen MR) is 115 cm³/mol. The number of nitrogens with zero attached hydrogens (tertiary/aromatic N) is 2. The monoisotopic (exact) mass is 466 g/mol. The number of amides is 1. The van der Waals surface area contributed by atoms with Crippen LogP contribution in [0.5, 0.6) is 0 Å². The lowest BCUT2D eigenvalue weighted by Crippen LogP contribution is -2.40. The maximum Gasteiger partial charge on any atom is 0.433 e. The molecule has 10 heteroatoms. The lowest BCUT2D eigenvalue weighted by molar-refractivity contribution is -0.140. The molecule has 2 heterocycles. The fraction of sp³-hybridized carbons (Fsp3) is 0.409. The zero-order valence-electron chi connectivity index (χ0n) is 17.3. The minimum absolute atomic E-state index is 0.0129. The van der Waals surface area contributed by atoms with Crippen molar-refractivity contribution in [2.45, 2.75) is 57.3 Å². The van der Waals surface area contributed by atoms with Crippen molar-refractivity contribution < 1.29 is 22.5 Å². The van der Waals surface area contributed by atoms with Crippen molar-refractivity contribution in [2.75, 3.05) is 5.32 Å². The number of alkyl halides is 3. The minimum atomic E-state index is -4.55. The topological polar surface area (TPSA) is 80.0 Å². The molecule has 0 bridgehead atoms. The van der Waals surface area contributed by atoms with Gasteiger partial charge in [0.1, 0.15) is 11.5 Å². The molecular weight excluding hydrogens is 445 g/mol. The van der Waals surface area contributed by atoms with Gasteiger partial charge in [0.05, 0.1) is 17.6 Å². The summed E-state index contributed by atoms with van der Waals surface area (Å²) in [5.41, 5.74) is 0.365. The van der Waals surface area contributed by atoms with Gasteiger partial charge in [-0.15, -0.1) is 0 Å². The van der Waals surface area contributed by atoms with Crippen LogP contribution in [0.15, 0.2) is 34.9 Å². The van der Waals surface area contributed by atoms with Crippen LogP contribution >= 0.6 is 11.6 Å². The number of hydrogen-bond donors (Lipinski definition) is 2. The maximum absolute atomic E-state index is 13.3. The van der Waals surface area contributed by atoms with Gasteiger partial charge in [-0.3, -0.25) is 4.79 Å². The molecule has 1 fully saturated rings. The summed E-state index contributed by atoms with van der Waals surface area (Å²) in [6.45, 7) is 1.79. The Morgan fingerprint density at radius 3 is 2.53 bits per heavy atom. The van der Waals surface area contributed by atoms with E-state index in [0.717, 1.165) is 24.6 Å². The first-order valence-electron chi connectivity index (χ1n) is 10.3. The van der Waals surface area contributed by atoms with Crippen molar-refractivity contribution in [2.24, 2.45) is 0 Å². The highest BCUT2D eigenvalue weighted by molar-refractivity contribution is 6.31. The van der Waals surface area contributed by atoms with E-state index in [2.05, 4.69) is 20.8 Å². The highest BCUT2D eigenvalue weighted by Gasteiger charge is 2.34. The van der Waals surface area contributed by atoms with Gasteiger partial charge in [0.25, 0.3) is 0 Å². The summed E-state index contributed by atoms with van der Waals surface area (Å²) in [5, 5.41) is 11.0. The normalized spacial score (nSPS) is 19.2. The van der Waals surface area contributed by atoms with E-state index in [0.29, 0.717) is 34.7 Å². The zero-order chi connectivity index (χ0) is 22.9. The van der Waals surface area contributed by atoms with Gasteiger partial charge in [-0.25, -0.2) is 4.98 Å². The molecule has 1 aliphatic carbocycles. The molecule has 1 aliphatic rings. The van der Waals surface area contributed by atoms with Crippen LogP contribution in [-0.2, 0) is 17.4 Å². The number of carbonyl (C=O) groups is 1. The van der Waals surface area contributed by atoms with E-state index < -0.39 is 11.9 Å². The quantitative estimate of drug-likeness (QED) is 0.534. The van der Waals surface area contributed by atoms with Gasteiger partial charge in [-0.1, -0.05) is 16.8 Å². The minimum Gasteiger partial charge on any atom is -0.382 e. The van der Waals surface area contributed by atoms with Crippen LogP contribution in [0.4, 0.5) is 18.9 Å². The number of rotatable bonds is 5. The lowest BCUT2D eigenvalue weighted by Gasteiger charge is -2.30. The van der Waals surface area contributed by atoms with Crippen molar-refractivity contribution in [1.82, 2.24) is 15.5 Å². The second kappa shape index (κ2) is 8.97. The molecule has 0 atom stereocenters. The number of pyridine rings is 1. The Hall–Kier alpha value is -2.81. The second-order valence-corrected chi connectivity index (χ2v) is 8.52. The molecule has 0 saturated heterocycles. The van der Waals surface area contributed by atoms with E-state index >= 15 is 0 Å². The molecule has 1 saturated carbocycles. The number of carbonyl (C=O) groups excluding carboxylic acids is 1. The number of aryl methyl sites for hydroxylation is 1. The first kappa shape index (κ1) is 22.4. The lowest BCUT2D eigenvalue weighted by atomic mass is 9.90. The van der Waals surface area contributed by atoms with Crippen molar-refractivity contribution in [3.8, 4) is 0 Å². The smallest absolute Gasteiger partial charge is 0.382 e. The third-order valence-corrected chi connectivity index (χ3v) is 5.76. The van der Waals surface area contributed by atoms with E-state index in [1.807, 2.05) is 0 Å². The van der Waals surface area contributed by atoms with E-state index in [1.54, 1.807) is 19.1 Å². The zero-order valence-corrected chi connectivity index (χ0v) is 18.1. The molecule has 0 spiro atoms. The number of anilines is 1. The van der Waals surface area contributed by atoms with Gasteiger partial charge in [0, 0.05) is 34.2 Å². The van der Waals surface area contributed by atoms with Crippen molar-refractivity contribution in [3.05, 3.63) is 52.5 Å². The first-order valence-corrected chi connectivity index (χ1v) is 10.7. The summed E-state index contributed by atoms with van der Waals surface area (Å²) >= 11 is 6.06. The summed E-state index contributed by atoms with van der Waals surface area (Å²) in [6.07, 6.45) is -1.57. The fourth-order valence-corrected chi connectivity index (χ4v) is 4.17. The number of nitrogens with one attached hydrogen (secondary N) is 2. The van der Waals surface area contributed by atoms with Crippen molar-refractivity contribution >= 4 is 34.1 Å². The average molecular weight is 467 g/mol. The largest absolute Gasteiger partial charge is 0.433 e. The molecule has 170 valence electrons. The van der Waals surface area contributed by atoms with Gasteiger partial charge in [0.15, 0.2) is 0 Å². The first-order chi connectivity index (χ1) is 15.2. The van der Waals surface area contributed by atoms with Crippen LogP contribution in [0.2, 0.25) is 5.02 Å². The Labute approximate surface area is 187 Å². The predicted octanol–water partition coefficient (Wildman–Crippen LogP) is 5.29. The van der Waals surface area contributed by atoms with Crippen LogP contribution in [0, 0.1) is 6.92 Å². The number of benzene rings is 1. The molecule has 3 aromatic rings. The standard InChI is InChI=1S/C22H22ClF3N4O2/c1-12-8-16(32-30-12)10-21(31)28-15-5-3-14(4-6-15)27-19-11-20(22(24,25)26)29-18-7-2-13(23)9-17(18)19/h2,7-9,11,14-15H,3-6,10H2,1H3,(H,27,29)(H,28,31)/t14-,15+. The van der Waals surface area contributed by atoms with Crippen molar-refractivity contribution in [1.29, 1.82) is 0 Å². The Balaban J connectivity index is 1.40. The van der Waals surface area contributed by atoms with E-state index in [4.69, 9.17) is 16.1 Å². The van der Waals surface area contributed by atoms with Crippen LogP contribution in [0.3, 0.4) is 0 Å². The number of hydrogen-bond acceptors (Lipinski definition) is 5. The van der Waals surface area contributed by atoms with Gasteiger partial charge >= 0.3 is 6.18 Å². The highest BCUT2D eigenvalue weighted by Crippen LogP contribution is 2.35. The Kier molecular flexibility index (Phi) is 6.28. The molecule has 32 heavy (non-hydrogen) atoms. The third kappa shape index (κ3) is 5.32. The SMILES string of the molecule is Cc1cc(CC(=O)N[C@H]2CC[C@@H](Nc3cc(C(F)(F)F)nc4ccc(Cl)cc34)CC2)on1. The van der Waals surface area contributed by atoms with Crippen LogP contribution in [0.25, 0.3) is 10.9 Å². The molecule has 2 N–H and O–H groups in total. The summed E-state index contributed by atoms with van der Waals surface area (Å²) in [7, 11) is 0. The maximum atomic E-state index is 13.3. The highest BCUT2D eigenvalue weighted by atomic mass is 35.5. The molecule has 0 aliphatic heterocycles. The second-order valence-electron chi connectivity index (χ2n) is 8.09. The van der Waals surface area contributed by atoms with Crippen LogP contribution < -0.4 is 10.6 Å². The third-order valence-electron chi connectivity index (χ3n) is 5.52. The van der Waals surface area contributed by atoms with E-state index in [1.165, 1.54) is 12.1 Å². The average Bonchev–Trinajstić information content (AvgIpc) is 3.13. The number of fused-ring (bicyclic) bond motifs is 1. The Morgan fingerprint density at radius 2 is 1.88 bits per heavy atom. The molecule has 4 rings (SSSR count). The molecular formula is C22H22ClF3N4O2. The fourth-order valence-electron chi connectivity index (χ4n) is 4.00. The molecule has 1 amide bonds. The summed E-state index contributed by atoms with van der Waals surface area (Å²) in [5.74, 6) is 0.376. The summed E-state index contributed by atoms with van der Waals surface area (Å²) in [6, 6.07) is 7.37. The number of halogens is 4. The van der Waals surface area contributed by atoms with Crippen LogP contribution in [-0.4, -0.2) is 28.1 Å². The van der Waals surface area contributed by atoms with Crippen LogP contribution in [0.1, 0.15) is 42.8 Å². The molecule has 1 aromatic carbocycles. The summed E-state index contributed by atoms with van der Waals surface area (Å²) < 4.78 is 45.0. The molecule has 0 unspecified atom stereocenters. The van der Waals surface area contributed by atoms with Gasteiger partial charge in [-0.2, -0.15) is 13.2 Å². The Morgan fingerprint density at radius 1 is 1.16 bits per heavy atom. The molecule has 6 nitrogen and oxygen atoms in total. The number of aromatic nitrogens is 2. The van der Waals surface area contributed by atoms with E-state index in [-0.39, 0.29) is 29.9 Å².